The van der Waals surface area contributed by atoms with Crippen LogP contribution in [0, 0.1) is 71.0 Å². The molecule has 0 aromatic heterocycles. The highest BCUT2D eigenvalue weighted by Gasteiger charge is 2.33. The van der Waals surface area contributed by atoms with Gasteiger partial charge in [-0.15, -0.1) is 0 Å². The van der Waals surface area contributed by atoms with Gasteiger partial charge >= 0.3 is 0 Å². The van der Waals surface area contributed by atoms with Crippen LogP contribution in [0.3, 0.4) is 0 Å². The van der Waals surface area contributed by atoms with Crippen LogP contribution >= 0.6 is 0 Å². The first-order valence-corrected chi connectivity index (χ1v) is 48.5. The average Bonchev–Trinajstić information content (AvgIpc) is 0.797. The minimum atomic E-state index is -0.806. The van der Waals surface area contributed by atoms with Crippen LogP contribution < -0.4 is 0 Å². The zero-order valence-electron chi connectivity index (χ0n) is 82.6. The number of Topliss-reactive ketones (excluding diaryl/α,β-unsaturated/α-hetero) is 5. The minimum Gasteiger partial charge on any atom is -0.390 e. The zero-order chi connectivity index (χ0) is 91.6. The maximum atomic E-state index is 12.6. The van der Waals surface area contributed by atoms with E-state index in [4.69, 9.17) is 0 Å². The molecule has 0 radical (unpaired) electrons. The summed E-state index contributed by atoms with van der Waals surface area (Å²) < 4.78 is 0. The van der Waals surface area contributed by atoms with E-state index in [1.165, 1.54) is 178 Å². The van der Waals surface area contributed by atoms with Crippen molar-refractivity contribution in [3.63, 3.8) is 0 Å². The van der Waals surface area contributed by atoms with E-state index in [0.717, 1.165) is 98.7 Å². The summed E-state index contributed by atoms with van der Waals surface area (Å²) in [6, 6.07) is 0. The number of ketones is 8. The van der Waals surface area contributed by atoms with Crippen molar-refractivity contribution >= 4 is 46.3 Å². The van der Waals surface area contributed by atoms with Crippen molar-refractivity contribution in [3.8, 4) is 0 Å². The van der Waals surface area contributed by atoms with E-state index in [1.807, 2.05) is 27.7 Å². The smallest absolute Gasteiger partial charge is 0.185 e. The molecule has 0 amide bonds. The molecular formula is C108H184O12. The van der Waals surface area contributed by atoms with Gasteiger partial charge in [0.05, 0.1) is 22.4 Å². The van der Waals surface area contributed by atoms with Gasteiger partial charge in [-0.2, -0.15) is 0 Å². The molecule has 4 N–H and O–H groups in total. The van der Waals surface area contributed by atoms with Crippen LogP contribution in [0.15, 0.2) is 91.2 Å². The molecule has 0 spiro atoms. The van der Waals surface area contributed by atoms with Crippen molar-refractivity contribution in [2.75, 3.05) is 0 Å². The Kier molecular flexibility index (Phi) is 54.4. The van der Waals surface area contributed by atoms with E-state index in [0.29, 0.717) is 142 Å². The van der Waals surface area contributed by atoms with Gasteiger partial charge in [-0.05, 0) is 281 Å². The van der Waals surface area contributed by atoms with Gasteiger partial charge in [0.2, 0.25) is 0 Å². The van der Waals surface area contributed by atoms with Gasteiger partial charge in [0.25, 0.3) is 0 Å². The molecule has 4 aliphatic carbocycles. The predicted molar refractivity (Wildman–Crippen MR) is 506 cm³/mol. The predicted octanol–water partition coefficient (Wildman–Crippen LogP) is 27.9. The summed E-state index contributed by atoms with van der Waals surface area (Å²) in [4.78, 5) is 97.5. The number of allylic oxidation sites excluding steroid dienone is 16. The lowest BCUT2D eigenvalue weighted by Crippen LogP contribution is -2.27. The van der Waals surface area contributed by atoms with E-state index in [-0.39, 0.29) is 46.3 Å². The maximum absolute atomic E-state index is 12.6. The Balaban J connectivity index is 0.000000800. The first-order chi connectivity index (χ1) is 55.7. The highest BCUT2D eigenvalue weighted by molar-refractivity contribution is 6.25. The summed E-state index contributed by atoms with van der Waals surface area (Å²) in [5, 5.41) is 43.2. The van der Waals surface area contributed by atoms with Crippen molar-refractivity contribution in [3.05, 3.63) is 91.2 Å². The van der Waals surface area contributed by atoms with Crippen molar-refractivity contribution < 1.29 is 58.8 Å². The molecule has 0 saturated carbocycles. The Morgan fingerprint density at radius 3 is 0.800 bits per heavy atom. The van der Waals surface area contributed by atoms with Crippen LogP contribution in [0.4, 0.5) is 0 Å². The van der Waals surface area contributed by atoms with Crippen LogP contribution in [0.25, 0.3) is 0 Å². The van der Waals surface area contributed by atoms with Gasteiger partial charge in [0.15, 0.2) is 46.3 Å². The van der Waals surface area contributed by atoms with Crippen LogP contribution in [-0.2, 0) is 38.4 Å². The normalized spacial score (nSPS) is 19.2. The molecular weight excluding hydrogens is 1490 g/mol. The molecule has 4 aliphatic rings. The summed E-state index contributed by atoms with van der Waals surface area (Å²) in [5.74, 6) is 8.40. The third kappa shape index (κ3) is 48.6. The van der Waals surface area contributed by atoms with E-state index in [1.54, 1.807) is 55.4 Å². The molecule has 4 rings (SSSR count). The molecule has 0 bridgehead atoms. The lowest BCUT2D eigenvalue weighted by Gasteiger charge is -2.27. The fourth-order valence-corrected chi connectivity index (χ4v) is 17.1. The highest BCUT2D eigenvalue weighted by Crippen LogP contribution is 2.36. The van der Waals surface area contributed by atoms with Gasteiger partial charge < -0.3 is 20.4 Å². The molecule has 0 aromatic rings. The molecule has 0 aliphatic heterocycles. The first kappa shape index (κ1) is 113. The monoisotopic (exact) mass is 1670 g/mol. The Morgan fingerprint density at radius 2 is 0.483 bits per heavy atom. The van der Waals surface area contributed by atoms with Crippen LogP contribution in [0.5, 0.6) is 0 Å². The minimum absolute atomic E-state index is 0.0266. The second-order valence-electron chi connectivity index (χ2n) is 42.5. The number of hydrogen-bond acceptors (Lipinski definition) is 12. The standard InChI is InChI=1S/C28H48O3.2C27H46O3.C26H44O3/c1-19(2)11-9-12-20(3)13-10-14-21(4)15-17-28(8,31)18-16-25-24(7)26(29)22(5)23(6)27(25)30;1-19(2)10-8-11-20(3)12-9-13-21(4)14-16-27(7,30)17-15-24-18-25(28)22(5)23(6)26(24)29;1-19(2)10-8-11-20(3)12-9-13-21(4)14-16-27(7,30)17-15-24-23(6)26(29)22(5)18-25(24)28;1-19(2)9-7-10-20(3)11-8-12-21(4)13-15-26(6,29)16-14-23-18-24(27)17-22(5)25(23)28/h19-21,31H,9-18H2,1-8H3;2*18-21,30H,8-17H2,1-7H3;17-21,29H,7-16H2,1-6H3/t20-,21-,28?;2*20-,21-,27?;20-,21-,26?/m1111/s1. The summed E-state index contributed by atoms with van der Waals surface area (Å²) in [6.45, 7) is 58.1. The number of hydrogen-bond donors (Lipinski definition) is 4. The summed E-state index contributed by atoms with van der Waals surface area (Å²) in [5.41, 5.74) is 3.35. The van der Waals surface area contributed by atoms with Gasteiger partial charge in [0.1, 0.15) is 0 Å². The summed E-state index contributed by atoms with van der Waals surface area (Å²) >= 11 is 0. The van der Waals surface area contributed by atoms with Crippen LogP contribution in [-0.4, -0.2) is 89.1 Å². The molecule has 120 heavy (non-hydrogen) atoms. The second kappa shape index (κ2) is 57.7. The zero-order valence-corrected chi connectivity index (χ0v) is 82.6. The Bertz CT molecular complexity index is 3440. The molecule has 12 heteroatoms. The van der Waals surface area contributed by atoms with E-state index >= 15 is 0 Å². The van der Waals surface area contributed by atoms with Crippen molar-refractivity contribution in [2.24, 2.45) is 71.0 Å². The maximum Gasteiger partial charge on any atom is 0.185 e. The van der Waals surface area contributed by atoms with Gasteiger partial charge in [0, 0.05) is 66.9 Å². The number of carbonyl (C=O) groups is 8. The van der Waals surface area contributed by atoms with E-state index < -0.39 is 22.4 Å². The number of rotatable bonds is 56. The van der Waals surface area contributed by atoms with Crippen LogP contribution in [0.1, 0.15) is 451 Å². The summed E-state index contributed by atoms with van der Waals surface area (Å²) in [6.07, 6.45) is 47.8. The van der Waals surface area contributed by atoms with E-state index in [2.05, 4.69) is 111 Å². The molecule has 0 aromatic carbocycles. The topological polar surface area (TPSA) is 217 Å². The SMILES string of the molecule is CC1=C(C)C(=O)C(CCC(C)(O)CC[C@H](C)CCC[C@H](C)CCCC(C)C)=C(C)C1=O.CC1=C(C)C(=O)C(CCC(C)(O)CC[C@H](C)CCC[C@H](C)CCCC(C)C)=CC1=O.CC1=CC(=O)C(CCC(C)(O)CC[C@H](C)CCC[C@H](C)CCCC(C)C)=C(C)C1=O.CC1=CC(=O)C=C(CCC(C)(O)CC[C@H](C)CCC[C@H](C)CCCC(C)C)C1=O. The summed E-state index contributed by atoms with van der Waals surface area (Å²) in [7, 11) is 0. The quantitative estimate of drug-likeness (QED) is 0.0418. The number of aliphatic hydroxyl groups is 4. The lowest BCUT2D eigenvalue weighted by atomic mass is 9.81. The van der Waals surface area contributed by atoms with Crippen molar-refractivity contribution in [1.29, 1.82) is 0 Å². The van der Waals surface area contributed by atoms with Crippen molar-refractivity contribution in [1.82, 2.24) is 0 Å². The largest absolute Gasteiger partial charge is 0.390 e. The molecule has 12 atom stereocenters. The molecule has 0 heterocycles. The molecule has 688 valence electrons. The average molecular weight is 1670 g/mol. The van der Waals surface area contributed by atoms with Crippen LogP contribution in [0.2, 0.25) is 0 Å². The molecule has 0 fully saturated rings. The fraction of sp³-hybridized carbons (Fsp3) is 0.778. The lowest BCUT2D eigenvalue weighted by molar-refractivity contribution is -0.116. The Morgan fingerprint density at radius 1 is 0.233 bits per heavy atom. The van der Waals surface area contributed by atoms with E-state index in [9.17, 15) is 58.8 Å². The first-order valence-electron chi connectivity index (χ1n) is 48.5. The molecule has 0 saturated heterocycles. The Hall–Kier alpha value is -4.88. The highest BCUT2D eigenvalue weighted by atomic mass is 16.3. The molecule has 12 nitrogen and oxygen atoms in total. The van der Waals surface area contributed by atoms with Gasteiger partial charge in [-0.1, -0.05) is 265 Å². The third-order valence-corrected chi connectivity index (χ3v) is 27.2. The van der Waals surface area contributed by atoms with Crippen molar-refractivity contribution in [2.45, 2.75) is 473 Å². The third-order valence-electron chi connectivity index (χ3n) is 27.2. The fourth-order valence-electron chi connectivity index (χ4n) is 17.1. The number of carbonyl (C=O) groups excluding carboxylic acids is 8. The van der Waals surface area contributed by atoms with Gasteiger partial charge in [-0.3, -0.25) is 38.4 Å². The Labute approximate surface area is 736 Å². The van der Waals surface area contributed by atoms with Gasteiger partial charge in [-0.25, -0.2) is 0 Å². The molecule has 4 unspecified atom stereocenters. The second-order valence-corrected chi connectivity index (χ2v) is 42.5.